The first-order valence-corrected chi connectivity index (χ1v) is 4.74. The Morgan fingerprint density at radius 1 is 1.60 bits per heavy atom. The average molecular weight is 204 g/mol. The molecule has 0 bridgehead atoms. The molecule has 4 heteroatoms. The molecule has 15 heavy (non-hydrogen) atoms. The molecule has 0 heterocycles. The topological polar surface area (TPSA) is 70.5 Å². The first-order chi connectivity index (χ1) is 7.13. The molecule has 0 aromatic carbocycles. The van der Waals surface area contributed by atoms with E-state index in [2.05, 4.69) is 4.79 Å². The molecule has 0 N–H and O–H groups in total. The van der Waals surface area contributed by atoms with Crippen LogP contribution < -0.4 is 0 Å². The predicted molar refractivity (Wildman–Crippen MR) is 55.4 cm³/mol. The molecule has 0 saturated carbocycles. The second-order valence-corrected chi connectivity index (χ2v) is 3.42. The van der Waals surface area contributed by atoms with Crippen LogP contribution in [0.4, 0.5) is 0 Å². The minimum Gasteiger partial charge on any atom is -0.361 e. The van der Waals surface area contributed by atoms with Crippen molar-refractivity contribution in [1.29, 1.82) is 0 Å². The van der Waals surface area contributed by atoms with E-state index in [9.17, 15) is 9.59 Å². The number of carbonyl (C=O) groups is 2. The molecule has 0 aromatic rings. The van der Waals surface area contributed by atoms with Gasteiger partial charge in [0.1, 0.15) is 0 Å². The minimum absolute atomic E-state index is 0.0736. The molecule has 1 aliphatic rings. The van der Waals surface area contributed by atoms with Crippen LogP contribution in [0, 0.1) is 0 Å². The van der Waals surface area contributed by atoms with Gasteiger partial charge in [-0.15, -0.1) is 0 Å². The van der Waals surface area contributed by atoms with Gasteiger partial charge in [-0.2, -0.15) is 4.79 Å². The molecule has 0 atom stereocenters. The van der Waals surface area contributed by atoms with Crippen molar-refractivity contribution in [3.05, 3.63) is 28.8 Å². The number of ketones is 2. The summed E-state index contributed by atoms with van der Waals surface area (Å²) in [5.41, 5.74) is 9.91. The monoisotopic (exact) mass is 204 g/mol. The summed E-state index contributed by atoms with van der Waals surface area (Å²) in [6, 6.07) is 0. The van der Waals surface area contributed by atoms with Crippen molar-refractivity contribution < 1.29 is 14.4 Å². The number of hydrogen-bond donors (Lipinski definition) is 0. The summed E-state index contributed by atoms with van der Waals surface area (Å²) in [6.07, 6.45) is 6.21. The smallest absolute Gasteiger partial charge is 0.323 e. The Balaban J connectivity index is 2.45. The van der Waals surface area contributed by atoms with Gasteiger partial charge in [0.05, 0.1) is 0 Å². The van der Waals surface area contributed by atoms with Crippen molar-refractivity contribution in [3.8, 4) is 0 Å². The number of nitrogens with zero attached hydrogens (tertiary/aromatic N) is 2. The van der Waals surface area contributed by atoms with Gasteiger partial charge < -0.3 is 5.53 Å². The molecular formula is C11H12N2O2. The van der Waals surface area contributed by atoms with Crippen molar-refractivity contribution in [2.24, 2.45) is 0 Å². The van der Waals surface area contributed by atoms with Gasteiger partial charge in [-0.3, -0.25) is 9.59 Å². The molecule has 0 saturated heterocycles. The van der Waals surface area contributed by atoms with E-state index in [4.69, 9.17) is 5.53 Å². The number of rotatable bonds is 5. The van der Waals surface area contributed by atoms with Crippen molar-refractivity contribution >= 4 is 17.8 Å². The summed E-state index contributed by atoms with van der Waals surface area (Å²) >= 11 is 0. The highest BCUT2D eigenvalue weighted by Gasteiger charge is 2.11. The molecule has 4 nitrogen and oxygen atoms in total. The van der Waals surface area contributed by atoms with Crippen LogP contribution in [0.25, 0.3) is 5.53 Å². The minimum atomic E-state index is -0.219. The van der Waals surface area contributed by atoms with Crippen LogP contribution in [0.2, 0.25) is 0 Å². The first-order valence-electron chi connectivity index (χ1n) is 4.74. The number of carbonyl (C=O) groups excluding carboxylic acids is 2. The molecule has 0 aliphatic heterocycles. The zero-order chi connectivity index (χ0) is 11.3. The van der Waals surface area contributed by atoms with E-state index in [1.54, 1.807) is 0 Å². The number of Topliss-reactive ketones (excluding diaryl/α,β-unsaturated/α-hetero) is 2. The van der Waals surface area contributed by atoms with Gasteiger partial charge in [0.15, 0.2) is 5.78 Å². The Kier molecular flexibility index (Phi) is 3.89. The van der Waals surface area contributed by atoms with Crippen LogP contribution in [0.15, 0.2) is 23.3 Å². The van der Waals surface area contributed by atoms with E-state index in [0.717, 1.165) is 17.4 Å². The lowest BCUT2D eigenvalue weighted by atomic mass is 10.1. The SMILES string of the molecule is CC(=O)C1=CC(CCC(=O)C=[N+]=[N-])=CC1. The van der Waals surface area contributed by atoms with E-state index in [1.165, 1.54) is 6.92 Å². The fraction of sp³-hybridized carbons (Fsp3) is 0.364. The average Bonchev–Trinajstić information content (AvgIpc) is 2.63. The Hall–Kier alpha value is -1.80. The highest BCUT2D eigenvalue weighted by molar-refractivity contribution is 6.25. The zero-order valence-electron chi connectivity index (χ0n) is 8.56. The second-order valence-electron chi connectivity index (χ2n) is 3.42. The van der Waals surface area contributed by atoms with Crippen molar-refractivity contribution in [2.45, 2.75) is 26.2 Å². The molecule has 0 spiro atoms. The van der Waals surface area contributed by atoms with Gasteiger partial charge in [0.2, 0.25) is 5.78 Å². The van der Waals surface area contributed by atoms with Crippen LogP contribution in [0.3, 0.4) is 0 Å². The third kappa shape index (κ3) is 3.44. The largest absolute Gasteiger partial charge is 0.361 e. The summed E-state index contributed by atoms with van der Waals surface area (Å²) in [6.45, 7) is 1.53. The van der Waals surface area contributed by atoms with E-state index in [-0.39, 0.29) is 11.6 Å². The van der Waals surface area contributed by atoms with Crippen molar-refractivity contribution in [1.82, 2.24) is 0 Å². The van der Waals surface area contributed by atoms with Gasteiger partial charge in [-0.25, -0.2) is 0 Å². The molecular weight excluding hydrogens is 192 g/mol. The summed E-state index contributed by atoms with van der Waals surface area (Å²) in [5, 5.41) is 0. The summed E-state index contributed by atoms with van der Waals surface area (Å²) in [5.74, 6) is -0.146. The molecule has 0 fully saturated rings. The zero-order valence-corrected chi connectivity index (χ0v) is 8.56. The molecule has 1 aliphatic carbocycles. The maximum Gasteiger partial charge on any atom is 0.323 e. The molecule has 0 radical (unpaired) electrons. The van der Waals surface area contributed by atoms with E-state index < -0.39 is 0 Å². The van der Waals surface area contributed by atoms with E-state index in [0.29, 0.717) is 19.3 Å². The quantitative estimate of drug-likeness (QED) is 0.386. The Morgan fingerprint density at radius 2 is 2.33 bits per heavy atom. The van der Waals surface area contributed by atoms with Crippen LogP contribution in [0.5, 0.6) is 0 Å². The van der Waals surface area contributed by atoms with Gasteiger partial charge in [-0.05, 0) is 25.3 Å². The second kappa shape index (κ2) is 5.17. The first kappa shape index (κ1) is 11.3. The van der Waals surface area contributed by atoms with Crippen LogP contribution in [-0.2, 0) is 9.59 Å². The van der Waals surface area contributed by atoms with E-state index >= 15 is 0 Å². The van der Waals surface area contributed by atoms with Crippen LogP contribution in [-0.4, -0.2) is 22.6 Å². The maximum absolute atomic E-state index is 11.0. The Bertz CT molecular complexity index is 399. The predicted octanol–water partition coefficient (Wildman–Crippen LogP) is 1.48. The molecule has 0 aromatic heterocycles. The third-order valence-corrected chi connectivity index (χ3v) is 2.26. The fourth-order valence-corrected chi connectivity index (χ4v) is 1.40. The number of allylic oxidation sites excluding steroid dienone is 4. The van der Waals surface area contributed by atoms with Gasteiger partial charge in [0, 0.05) is 6.42 Å². The fourth-order valence-electron chi connectivity index (χ4n) is 1.40. The normalized spacial score (nSPS) is 13.9. The van der Waals surface area contributed by atoms with Crippen molar-refractivity contribution in [3.63, 3.8) is 0 Å². The standard InChI is InChI=1S/C11H12N2O2/c1-8(14)10-4-2-9(6-10)3-5-11(15)7-13-12/h2,6-7H,3-5H2,1H3. The molecule has 1 rings (SSSR count). The Morgan fingerprint density at radius 3 is 2.87 bits per heavy atom. The van der Waals surface area contributed by atoms with Crippen LogP contribution >= 0.6 is 0 Å². The number of hydrogen-bond acceptors (Lipinski definition) is 2. The van der Waals surface area contributed by atoms with Crippen LogP contribution in [0.1, 0.15) is 26.2 Å². The summed E-state index contributed by atoms with van der Waals surface area (Å²) in [4.78, 5) is 24.7. The van der Waals surface area contributed by atoms with Gasteiger partial charge in [-0.1, -0.05) is 17.7 Å². The summed E-state index contributed by atoms with van der Waals surface area (Å²) in [7, 11) is 0. The summed E-state index contributed by atoms with van der Waals surface area (Å²) < 4.78 is 0. The molecule has 0 unspecified atom stereocenters. The third-order valence-electron chi connectivity index (χ3n) is 2.26. The lowest BCUT2D eigenvalue weighted by Gasteiger charge is -1.93. The highest BCUT2D eigenvalue weighted by Crippen LogP contribution is 2.21. The Labute approximate surface area is 87.9 Å². The van der Waals surface area contributed by atoms with Crippen molar-refractivity contribution in [2.75, 3.05) is 0 Å². The molecule has 0 amide bonds. The maximum atomic E-state index is 11.0. The molecule has 78 valence electrons. The highest BCUT2D eigenvalue weighted by atomic mass is 16.1. The lowest BCUT2D eigenvalue weighted by molar-refractivity contribution is -0.116. The van der Waals surface area contributed by atoms with Gasteiger partial charge >= 0.3 is 6.21 Å². The van der Waals surface area contributed by atoms with Gasteiger partial charge in [0.25, 0.3) is 0 Å². The van der Waals surface area contributed by atoms with E-state index in [1.807, 2.05) is 12.2 Å². The lowest BCUT2D eigenvalue weighted by Crippen LogP contribution is -1.99.